The summed E-state index contributed by atoms with van der Waals surface area (Å²) in [6, 6.07) is 47.3. The SMILES string of the molecule is Cc1ccc(Nc2ccc3c(N(c4ccccc4)c4ccccc4)cc4ccccc4c3c2)cc1. The Kier molecular flexibility index (Phi) is 5.40. The maximum absolute atomic E-state index is 3.59. The fraction of sp³-hybridized carbons (Fsp3) is 0.0303. The van der Waals surface area contributed by atoms with E-state index in [1.165, 1.54) is 27.1 Å². The number of aryl methyl sites for hydroxylation is 1. The van der Waals surface area contributed by atoms with Gasteiger partial charge in [-0.15, -0.1) is 0 Å². The van der Waals surface area contributed by atoms with Gasteiger partial charge in [-0.05, 0) is 77.7 Å². The Morgan fingerprint density at radius 3 is 1.77 bits per heavy atom. The van der Waals surface area contributed by atoms with E-state index in [-0.39, 0.29) is 0 Å². The van der Waals surface area contributed by atoms with Crippen molar-refractivity contribution < 1.29 is 0 Å². The Morgan fingerprint density at radius 1 is 0.486 bits per heavy atom. The molecule has 0 aliphatic heterocycles. The zero-order chi connectivity index (χ0) is 23.6. The number of rotatable bonds is 5. The summed E-state index contributed by atoms with van der Waals surface area (Å²) < 4.78 is 0. The first-order valence-corrected chi connectivity index (χ1v) is 12.0. The third kappa shape index (κ3) is 4.11. The number of hydrogen-bond acceptors (Lipinski definition) is 2. The Morgan fingerprint density at radius 2 is 1.09 bits per heavy atom. The molecule has 35 heavy (non-hydrogen) atoms. The molecule has 0 fully saturated rings. The molecule has 0 heterocycles. The van der Waals surface area contributed by atoms with Crippen LogP contribution in [0.2, 0.25) is 0 Å². The molecular formula is C33H26N2. The van der Waals surface area contributed by atoms with E-state index in [1.807, 2.05) is 0 Å². The van der Waals surface area contributed by atoms with Gasteiger partial charge in [-0.2, -0.15) is 0 Å². The van der Waals surface area contributed by atoms with Gasteiger partial charge in [-0.3, -0.25) is 0 Å². The smallest absolute Gasteiger partial charge is 0.0546 e. The molecular weight excluding hydrogens is 424 g/mol. The van der Waals surface area contributed by atoms with Crippen LogP contribution in [0.3, 0.4) is 0 Å². The summed E-state index contributed by atoms with van der Waals surface area (Å²) >= 11 is 0. The minimum absolute atomic E-state index is 1.08. The number of fused-ring (bicyclic) bond motifs is 3. The van der Waals surface area contributed by atoms with Gasteiger partial charge in [0.2, 0.25) is 0 Å². The number of hydrogen-bond donors (Lipinski definition) is 1. The predicted molar refractivity (Wildman–Crippen MR) is 151 cm³/mol. The average molecular weight is 451 g/mol. The standard InChI is InChI=1S/C33H26N2/c1-24-16-18-26(19-17-24)34-27-20-21-31-32(23-27)30-15-9-8-10-25(30)22-33(31)35(28-11-4-2-5-12-28)29-13-6-3-7-14-29/h2-23,34H,1H3. The van der Waals surface area contributed by atoms with Gasteiger partial charge in [0, 0.05) is 28.1 Å². The van der Waals surface area contributed by atoms with Crippen molar-refractivity contribution in [3.63, 3.8) is 0 Å². The van der Waals surface area contributed by atoms with E-state index in [9.17, 15) is 0 Å². The van der Waals surface area contributed by atoms with Crippen LogP contribution in [-0.2, 0) is 0 Å². The molecule has 0 aromatic heterocycles. The number of nitrogens with zero attached hydrogens (tertiary/aromatic N) is 1. The van der Waals surface area contributed by atoms with Crippen molar-refractivity contribution in [1.29, 1.82) is 0 Å². The molecule has 0 amide bonds. The molecule has 0 bridgehead atoms. The summed E-state index contributed by atoms with van der Waals surface area (Å²) in [5, 5.41) is 8.50. The molecule has 168 valence electrons. The number of anilines is 5. The fourth-order valence-electron chi connectivity index (χ4n) is 4.73. The number of benzene rings is 6. The Balaban J connectivity index is 1.58. The molecule has 6 rings (SSSR count). The highest BCUT2D eigenvalue weighted by molar-refractivity contribution is 6.15. The highest BCUT2D eigenvalue weighted by Gasteiger charge is 2.17. The van der Waals surface area contributed by atoms with Gasteiger partial charge in [0.1, 0.15) is 0 Å². The van der Waals surface area contributed by atoms with Crippen molar-refractivity contribution in [1.82, 2.24) is 0 Å². The zero-order valence-electron chi connectivity index (χ0n) is 19.6. The lowest BCUT2D eigenvalue weighted by atomic mass is 9.98. The molecule has 6 aromatic carbocycles. The third-order valence-electron chi connectivity index (χ3n) is 6.45. The van der Waals surface area contributed by atoms with Crippen LogP contribution >= 0.6 is 0 Å². The summed E-state index contributed by atoms with van der Waals surface area (Å²) in [5.74, 6) is 0. The normalized spacial score (nSPS) is 11.0. The van der Waals surface area contributed by atoms with Crippen molar-refractivity contribution in [3.05, 3.63) is 139 Å². The quantitative estimate of drug-likeness (QED) is 0.263. The van der Waals surface area contributed by atoms with Gasteiger partial charge < -0.3 is 10.2 Å². The van der Waals surface area contributed by atoms with Crippen molar-refractivity contribution >= 4 is 50.0 Å². The first-order chi connectivity index (χ1) is 17.3. The van der Waals surface area contributed by atoms with Crippen molar-refractivity contribution in [2.45, 2.75) is 6.92 Å². The molecule has 2 heteroatoms. The number of para-hydroxylation sites is 2. The minimum atomic E-state index is 1.08. The van der Waals surface area contributed by atoms with Gasteiger partial charge in [0.05, 0.1) is 5.69 Å². The summed E-state index contributed by atoms with van der Waals surface area (Å²) in [7, 11) is 0. The topological polar surface area (TPSA) is 15.3 Å². The Labute approximate surface area is 206 Å². The monoisotopic (exact) mass is 450 g/mol. The van der Waals surface area contributed by atoms with Gasteiger partial charge >= 0.3 is 0 Å². The van der Waals surface area contributed by atoms with Crippen LogP contribution in [0.5, 0.6) is 0 Å². The molecule has 0 spiro atoms. The van der Waals surface area contributed by atoms with Gasteiger partial charge in [-0.1, -0.05) is 84.4 Å². The maximum atomic E-state index is 3.59. The predicted octanol–water partition coefficient (Wildman–Crippen LogP) is 9.51. The summed E-state index contributed by atoms with van der Waals surface area (Å²) in [4.78, 5) is 2.35. The van der Waals surface area contributed by atoms with Gasteiger partial charge in [0.25, 0.3) is 0 Å². The van der Waals surface area contributed by atoms with Gasteiger partial charge in [-0.25, -0.2) is 0 Å². The second-order valence-electron chi connectivity index (χ2n) is 8.87. The molecule has 6 aromatic rings. The van der Waals surface area contributed by atoms with E-state index in [1.54, 1.807) is 0 Å². The Hall–Kier alpha value is -4.56. The van der Waals surface area contributed by atoms with Crippen molar-refractivity contribution in [2.24, 2.45) is 0 Å². The molecule has 0 aliphatic carbocycles. The highest BCUT2D eigenvalue weighted by Crippen LogP contribution is 2.42. The van der Waals surface area contributed by atoms with Crippen LogP contribution in [0.4, 0.5) is 28.4 Å². The van der Waals surface area contributed by atoms with E-state index < -0.39 is 0 Å². The van der Waals surface area contributed by atoms with Gasteiger partial charge in [0.15, 0.2) is 0 Å². The van der Waals surface area contributed by atoms with Crippen LogP contribution in [0, 0.1) is 6.92 Å². The fourth-order valence-corrected chi connectivity index (χ4v) is 4.73. The molecule has 1 N–H and O–H groups in total. The lowest BCUT2D eigenvalue weighted by molar-refractivity contribution is 1.30. The lowest BCUT2D eigenvalue weighted by Gasteiger charge is -2.27. The summed E-state index contributed by atoms with van der Waals surface area (Å²) in [6.45, 7) is 2.11. The molecule has 0 unspecified atom stereocenters. The second-order valence-corrected chi connectivity index (χ2v) is 8.87. The third-order valence-corrected chi connectivity index (χ3v) is 6.45. The van der Waals surface area contributed by atoms with Crippen LogP contribution < -0.4 is 10.2 Å². The van der Waals surface area contributed by atoms with Crippen LogP contribution in [0.1, 0.15) is 5.56 Å². The lowest BCUT2D eigenvalue weighted by Crippen LogP contribution is -2.10. The molecule has 0 saturated carbocycles. The van der Waals surface area contributed by atoms with Crippen molar-refractivity contribution in [3.8, 4) is 0 Å². The summed E-state index contributed by atoms with van der Waals surface area (Å²) in [6.07, 6.45) is 0. The zero-order valence-corrected chi connectivity index (χ0v) is 19.6. The van der Waals surface area contributed by atoms with Crippen LogP contribution in [-0.4, -0.2) is 0 Å². The van der Waals surface area contributed by atoms with Crippen LogP contribution in [0.15, 0.2) is 133 Å². The maximum Gasteiger partial charge on any atom is 0.0546 e. The largest absolute Gasteiger partial charge is 0.356 e. The first kappa shape index (κ1) is 21.0. The van der Waals surface area contributed by atoms with E-state index in [2.05, 4.69) is 151 Å². The first-order valence-electron chi connectivity index (χ1n) is 12.0. The van der Waals surface area contributed by atoms with E-state index in [0.717, 1.165) is 28.4 Å². The highest BCUT2D eigenvalue weighted by atomic mass is 15.1. The van der Waals surface area contributed by atoms with E-state index >= 15 is 0 Å². The molecule has 0 atom stereocenters. The van der Waals surface area contributed by atoms with Crippen LogP contribution in [0.25, 0.3) is 21.5 Å². The van der Waals surface area contributed by atoms with Crippen molar-refractivity contribution in [2.75, 3.05) is 10.2 Å². The molecule has 0 aliphatic rings. The molecule has 0 radical (unpaired) electrons. The van der Waals surface area contributed by atoms with E-state index in [4.69, 9.17) is 0 Å². The van der Waals surface area contributed by atoms with E-state index in [0.29, 0.717) is 0 Å². The molecule has 0 saturated heterocycles. The number of nitrogens with one attached hydrogen (secondary N) is 1. The minimum Gasteiger partial charge on any atom is -0.356 e. The summed E-state index contributed by atoms with van der Waals surface area (Å²) in [5.41, 5.74) is 6.86. The molecule has 2 nitrogen and oxygen atoms in total. The Bertz CT molecular complexity index is 1570. The average Bonchev–Trinajstić information content (AvgIpc) is 2.91. The second kappa shape index (κ2) is 9.00.